The molecule has 0 radical (unpaired) electrons. The van der Waals surface area contributed by atoms with Crippen LogP contribution in [-0.2, 0) is 12.8 Å². The number of nitrogens with one attached hydrogen (secondary N) is 1. The molecule has 0 spiro atoms. The van der Waals surface area contributed by atoms with Crippen molar-refractivity contribution < 1.29 is 36.9 Å². The van der Waals surface area contributed by atoms with Crippen LogP contribution in [-0.4, -0.2) is 62.1 Å². The summed E-state index contributed by atoms with van der Waals surface area (Å²) in [5, 5.41) is 13.8. The van der Waals surface area contributed by atoms with E-state index < -0.39 is 30.5 Å². The number of nitrogens with zero attached hydrogens (tertiary/aromatic N) is 1. The predicted octanol–water partition coefficient (Wildman–Crippen LogP) is 5.36. The van der Waals surface area contributed by atoms with Crippen molar-refractivity contribution in [3.63, 3.8) is 0 Å². The van der Waals surface area contributed by atoms with Crippen LogP contribution in [0.4, 0.5) is 23.2 Å². The van der Waals surface area contributed by atoms with E-state index in [0.717, 1.165) is 25.1 Å². The lowest BCUT2D eigenvalue weighted by Crippen LogP contribution is -2.32. The standard InChI is InChI=1S/C31H34F4N2O4/c1-21(36-14-17-40-28-4-2-3-5-29(28)41-20-31(33,34)35)18-22-6-11-26-24(19-22)12-15-37(26)16-13-27(38)30(39)23-7-9-25(32)10-8-23/h2-11,19,21,27,36,38H,12-18,20H2,1H3/t21-,27?/m1/s1. The molecule has 0 aliphatic carbocycles. The van der Waals surface area contributed by atoms with Gasteiger partial charge in [-0.3, -0.25) is 4.79 Å². The monoisotopic (exact) mass is 574 g/mol. The maximum absolute atomic E-state index is 13.1. The first-order valence-corrected chi connectivity index (χ1v) is 13.6. The van der Waals surface area contributed by atoms with E-state index in [0.29, 0.717) is 18.7 Å². The zero-order chi connectivity index (χ0) is 29.4. The van der Waals surface area contributed by atoms with Gasteiger partial charge in [0.15, 0.2) is 23.9 Å². The number of rotatable bonds is 14. The molecule has 6 nitrogen and oxygen atoms in total. The second-order valence-electron chi connectivity index (χ2n) is 10.1. The molecule has 2 atom stereocenters. The third kappa shape index (κ3) is 8.93. The van der Waals surface area contributed by atoms with E-state index in [2.05, 4.69) is 35.3 Å². The molecular formula is C31H34F4N2O4. The quantitative estimate of drug-likeness (QED) is 0.154. The van der Waals surface area contributed by atoms with Crippen molar-refractivity contribution in [1.29, 1.82) is 0 Å². The average Bonchev–Trinajstić information content (AvgIpc) is 3.35. The summed E-state index contributed by atoms with van der Waals surface area (Å²) in [6, 6.07) is 17.9. The van der Waals surface area contributed by atoms with Crippen molar-refractivity contribution in [3.05, 3.63) is 89.2 Å². The number of ether oxygens (including phenoxy) is 2. The third-order valence-electron chi connectivity index (χ3n) is 6.87. The number of Topliss-reactive ketones (excluding diaryl/α,β-unsaturated/α-hetero) is 1. The van der Waals surface area contributed by atoms with Crippen LogP contribution >= 0.6 is 0 Å². The number of alkyl halides is 3. The van der Waals surface area contributed by atoms with Gasteiger partial charge in [-0.1, -0.05) is 24.3 Å². The number of carbonyl (C=O) groups is 1. The van der Waals surface area contributed by atoms with Gasteiger partial charge in [0.1, 0.15) is 18.5 Å². The van der Waals surface area contributed by atoms with Crippen LogP contribution in [0.2, 0.25) is 0 Å². The van der Waals surface area contributed by atoms with Gasteiger partial charge in [0.05, 0.1) is 0 Å². The Kier molecular flexibility index (Phi) is 10.2. The average molecular weight is 575 g/mol. The first-order valence-electron chi connectivity index (χ1n) is 13.6. The zero-order valence-corrected chi connectivity index (χ0v) is 22.8. The van der Waals surface area contributed by atoms with E-state index in [1.807, 2.05) is 0 Å². The molecule has 1 unspecified atom stereocenters. The molecule has 220 valence electrons. The maximum atomic E-state index is 13.1. The number of halogens is 4. The van der Waals surface area contributed by atoms with E-state index >= 15 is 0 Å². The summed E-state index contributed by atoms with van der Waals surface area (Å²) < 4.78 is 61.1. The highest BCUT2D eigenvalue weighted by molar-refractivity contribution is 5.99. The molecular weight excluding hydrogens is 540 g/mol. The van der Waals surface area contributed by atoms with Gasteiger partial charge in [0.25, 0.3) is 0 Å². The van der Waals surface area contributed by atoms with Crippen molar-refractivity contribution in [1.82, 2.24) is 5.32 Å². The maximum Gasteiger partial charge on any atom is 0.422 e. The fourth-order valence-corrected chi connectivity index (χ4v) is 4.84. The van der Waals surface area contributed by atoms with Crippen molar-refractivity contribution in [2.45, 2.75) is 44.5 Å². The van der Waals surface area contributed by atoms with Crippen molar-refractivity contribution in [3.8, 4) is 11.5 Å². The minimum Gasteiger partial charge on any atom is -0.488 e. The van der Waals surface area contributed by atoms with Crippen LogP contribution in [0, 0.1) is 5.82 Å². The van der Waals surface area contributed by atoms with Crippen LogP contribution in [0.1, 0.15) is 34.8 Å². The van der Waals surface area contributed by atoms with Crippen LogP contribution in [0.5, 0.6) is 11.5 Å². The van der Waals surface area contributed by atoms with Gasteiger partial charge < -0.3 is 24.8 Å². The summed E-state index contributed by atoms with van der Waals surface area (Å²) in [7, 11) is 0. The Hall–Kier alpha value is -3.63. The van der Waals surface area contributed by atoms with Crippen LogP contribution in [0.15, 0.2) is 66.7 Å². The first-order chi connectivity index (χ1) is 19.6. The van der Waals surface area contributed by atoms with Gasteiger partial charge in [-0.15, -0.1) is 0 Å². The van der Waals surface area contributed by atoms with Crippen LogP contribution in [0.25, 0.3) is 0 Å². The largest absolute Gasteiger partial charge is 0.488 e. The molecule has 0 aromatic heterocycles. The minimum atomic E-state index is -4.42. The highest BCUT2D eigenvalue weighted by Crippen LogP contribution is 2.30. The van der Waals surface area contributed by atoms with Gasteiger partial charge in [0.2, 0.25) is 0 Å². The lowest BCUT2D eigenvalue weighted by Gasteiger charge is -2.21. The van der Waals surface area contributed by atoms with E-state index in [-0.39, 0.29) is 30.6 Å². The van der Waals surface area contributed by atoms with E-state index in [9.17, 15) is 27.5 Å². The topological polar surface area (TPSA) is 71.0 Å². The fourth-order valence-electron chi connectivity index (χ4n) is 4.84. The summed E-state index contributed by atoms with van der Waals surface area (Å²) in [6.45, 7) is 2.79. The number of aliphatic hydroxyl groups excluding tert-OH is 1. The van der Waals surface area contributed by atoms with E-state index in [1.54, 1.807) is 18.2 Å². The fraction of sp³-hybridized carbons (Fsp3) is 0.387. The normalized spacial score (nSPS) is 14.4. The molecule has 1 aliphatic rings. The van der Waals surface area contributed by atoms with Gasteiger partial charge in [-0.25, -0.2) is 4.39 Å². The Balaban J connectivity index is 1.20. The zero-order valence-electron chi connectivity index (χ0n) is 22.8. The Morgan fingerprint density at radius 2 is 1.76 bits per heavy atom. The molecule has 41 heavy (non-hydrogen) atoms. The number of ketones is 1. The Morgan fingerprint density at radius 1 is 1.05 bits per heavy atom. The molecule has 1 heterocycles. The van der Waals surface area contributed by atoms with Gasteiger partial charge in [0, 0.05) is 36.9 Å². The number of anilines is 1. The van der Waals surface area contributed by atoms with Crippen molar-refractivity contribution in [2.75, 3.05) is 37.7 Å². The van der Waals surface area contributed by atoms with Gasteiger partial charge >= 0.3 is 6.18 Å². The third-order valence-corrected chi connectivity index (χ3v) is 6.87. The minimum absolute atomic E-state index is 0.0547. The predicted molar refractivity (Wildman–Crippen MR) is 148 cm³/mol. The van der Waals surface area contributed by atoms with Crippen molar-refractivity contribution in [2.24, 2.45) is 0 Å². The number of hydrogen-bond donors (Lipinski definition) is 2. The molecule has 2 N–H and O–H groups in total. The second kappa shape index (κ2) is 13.8. The smallest absolute Gasteiger partial charge is 0.422 e. The molecule has 0 amide bonds. The molecule has 10 heteroatoms. The summed E-state index contributed by atoms with van der Waals surface area (Å²) in [5.74, 6) is -0.521. The second-order valence-corrected chi connectivity index (χ2v) is 10.1. The lowest BCUT2D eigenvalue weighted by molar-refractivity contribution is -0.153. The van der Waals surface area contributed by atoms with E-state index in [4.69, 9.17) is 9.47 Å². The molecule has 3 aromatic rings. The molecule has 0 bridgehead atoms. The summed E-state index contributed by atoms with van der Waals surface area (Å²) in [5.41, 5.74) is 3.77. The summed E-state index contributed by atoms with van der Waals surface area (Å²) in [6.07, 6.45) is -3.64. The molecule has 0 saturated heterocycles. The number of fused-ring (bicyclic) bond motifs is 1. The summed E-state index contributed by atoms with van der Waals surface area (Å²) >= 11 is 0. The lowest BCUT2D eigenvalue weighted by atomic mass is 10.0. The molecule has 0 saturated carbocycles. The number of aliphatic hydroxyl groups is 1. The highest BCUT2D eigenvalue weighted by Gasteiger charge is 2.29. The van der Waals surface area contributed by atoms with Crippen molar-refractivity contribution >= 4 is 11.5 Å². The Labute approximate surface area is 236 Å². The number of carbonyl (C=O) groups excluding carboxylic acids is 1. The van der Waals surface area contributed by atoms with Crippen LogP contribution < -0.4 is 19.7 Å². The Morgan fingerprint density at radius 3 is 2.46 bits per heavy atom. The molecule has 0 fully saturated rings. The number of hydrogen-bond acceptors (Lipinski definition) is 6. The highest BCUT2D eigenvalue weighted by atomic mass is 19.4. The molecule has 1 aliphatic heterocycles. The first kappa shape index (κ1) is 30.3. The Bertz CT molecular complexity index is 1300. The molecule has 3 aromatic carbocycles. The molecule has 4 rings (SSSR count). The van der Waals surface area contributed by atoms with E-state index in [1.165, 1.54) is 41.5 Å². The summed E-state index contributed by atoms with van der Waals surface area (Å²) in [4.78, 5) is 14.6. The number of benzene rings is 3. The van der Waals surface area contributed by atoms with Gasteiger partial charge in [-0.2, -0.15) is 13.2 Å². The van der Waals surface area contributed by atoms with Crippen LogP contribution in [0.3, 0.4) is 0 Å². The number of para-hydroxylation sites is 2. The van der Waals surface area contributed by atoms with Gasteiger partial charge in [-0.05, 0) is 79.8 Å². The SMILES string of the molecule is C[C@H](Cc1ccc2c(c1)CCN2CCC(O)C(=O)c1ccc(F)cc1)NCCOc1ccccc1OCC(F)(F)F.